The van der Waals surface area contributed by atoms with Gasteiger partial charge in [0.25, 0.3) is 0 Å². The zero-order valence-electron chi connectivity index (χ0n) is 17.8. The van der Waals surface area contributed by atoms with Gasteiger partial charge < -0.3 is 9.80 Å². The van der Waals surface area contributed by atoms with Gasteiger partial charge in [0.15, 0.2) is 0 Å². The zero-order chi connectivity index (χ0) is 20.8. The summed E-state index contributed by atoms with van der Waals surface area (Å²) in [5.41, 5.74) is 1.08. The van der Waals surface area contributed by atoms with Crippen LogP contribution in [0.4, 0.5) is 0 Å². The zero-order valence-corrected chi connectivity index (χ0v) is 18.5. The first-order chi connectivity index (χ1) is 14.0. The van der Waals surface area contributed by atoms with Crippen LogP contribution in [0.25, 0.3) is 0 Å². The van der Waals surface area contributed by atoms with Gasteiger partial charge in [-0.3, -0.25) is 14.5 Å². The van der Waals surface area contributed by atoms with Crippen molar-refractivity contribution in [1.29, 1.82) is 0 Å². The minimum absolute atomic E-state index is 0.00178. The van der Waals surface area contributed by atoms with E-state index in [1.54, 1.807) is 4.90 Å². The maximum atomic E-state index is 12.8. The van der Waals surface area contributed by atoms with Crippen LogP contribution < -0.4 is 0 Å². The third-order valence-corrected chi connectivity index (χ3v) is 6.79. The number of halogens is 1. The Morgan fingerprint density at radius 2 is 1.62 bits per heavy atom. The van der Waals surface area contributed by atoms with Gasteiger partial charge in [-0.15, -0.1) is 0 Å². The number of amides is 2. The summed E-state index contributed by atoms with van der Waals surface area (Å²) in [7, 11) is 1.86. The maximum absolute atomic E-state index is 12.8. The fraction of sp³-hybridized carbons (Fsp3) is 0.652. The highest BCUT2D eigenvalue weighted by Crippen LogP contribution is 2.24. The van der Waals surface area contributed by atoms with E-state index in [2.05, 4.69) is 9.80 Å². The SMILES string of the molecule is CC(c1ccc(Cl)cc1)N(C)C(=O)CN1CCC(C(=O)N2CCCCCC2)CC1. The molecule has 160 valence electrons. The van der Waals surface area contributed by atoms with Crippen molar-refractivity contribution in [3.05, 3.63) is 34.9 Å². The van der Waals surface area contributed by atoms with Crippen LogP contribution in [-0.2, 0) is 9.59 Å². The molecule has 2 amide bonds. The maximum Gasteiger partial charge on any atom is 0.236 e. The molecule has 2 heterocycles. The molecule has 1 aromatic carbocycles. The molecule has 2 fully saturated rings. The summed E-state index contributed by atoms with van der Waals surface area (Å²) in [4.78, 5) is 31.7. The Morgan fingerprint density at radius 1 is 1.03 bits per heavy atom. The summed E-state index contributed by atoms with van der Waals surface area (Å²) in [6.07, 6.45) is 6.48. The first-order valence-electron chi connectivity index (χ1n) is 11.0. The van der Waals surface area contributed by atoms with E-state index in [9.17, 15) is 9.59 Å². The summed E-state index contributed by atoms with van der Waals surface area (Å²) in [5.74, 6) is 0.585. The topological polar surface area (TPSA) is 43.9 Å². The van der Waals surface area contributed by atoms with Crippen molar-refractivity contribution in [3.63, 3.8) is 0 Å². The number of likely N-dealkylation sites (tertiary alicyclic amines) is 2. The Bertz CT molecular complexity index is 678. The van der Waals surface area contributed by atoms with E-state index in [-0.39, 0.29) is 17.9 Å². The summed E-state index contributed by atoms with van der Waals surface area (Å²) in [6.45, 7) is 5.93. The van der Waals surface area contributed by atoms with Crippen molar-refractivity contribution in [3.8, 4) is 0 Å². The highest BCUT2D eigenvalue weighted by molar-refractivity contribution is 6.30. The largest absolute Gasteiger partial charge is 0.342 e. The van der Waals surface area contributed by atoms with Crippen molar-refractivity contribution in [2.24, 2.45) is 5.92 Å². The van der Waals surface area contributed by atoms with Gasteiger partial charge >= 0.3 is 0 Å². The van der Waals surface area contributed by atoms with Crippen LogP contribution in [-0.4, -0.2) is 66.3 Å². The van der Waals surface area contributed by atoms with Crippen molar-refractivity contribution in [1.82, 2.24) is 14.7 Å². The van der Waals surface area contributed by atoms with Crippen molar-refractivity contribution >= 4 is 23.4 Å². The first-order valence-corrected chi connectivity index (χ1v) is 11.4. The second kappa shape index (κ2) is 10.4. The van der Waals surface area contributed by atoms with Crippen LogP contribution in [0, 0.1) is 5.92 Å². The lowest BCUT2D eigenvalue weighted by Crippen LogP contribution is -2.46. The molecule has 29 heavy (non-hydrogen) atoms. The van der Waals surface area contributed by atoms with Crippen molar-refractivity contribution < 1.29 is 9.59 Å². The molecule has 0 bridgehead atoms. The Kier molecular flexibility index (Phi) is 7.96. The Balaban J connectivity index is 1.46. The summed E-state index contributed by atoms with van der Waals surface area (Å²) >= 11 is 5.96. The Labute approximate surface area is 180 Å². The van der Waals surface area contributed by atoms with Crippen LogP contribution in [0.3, 0.4) is 0 Å². The quantitative estimate of drug-likeness (QED) is 0.725. The fourth-order valence-electron chi connectivity index (χ4n) is 4.37. The number of carbonyl (C=O) groups excluding carboxylic acids is 2. The molecule has 3 rings (SSSR count). The number of rotatable bonds is 5. The molecule has 0 radical (unpaired) electrons. The lowest BCUT2D eigenvalue weighted by atomic mass is 9.95. The van der Waals surface area contributed by atoms with Gasteiger partial charge in [0.2, 0.25) is 11.8 Å². The number of carbonyl (C=O) groups is 2. The van der Waals surface area contributed by atoms with E-state index < -0.39 is 0 Å². The van der Waals surface area contributed by atoms with Gasteiger partial charge in [-0.05, 0) is 63.4 Å². The molecule has 5 nitrogen and oxygen atoms in total. The molecular weight excluding hydrogens is 386 g/mol. The second-order valence-electron chi connectivity index (χ2n) is 8.52. The van der Waals surface area contributed by atoms with Crippen molar-refractivity contribution in [2.75, 3.05) is 39.8 Å². The highest BCUT2D eigenvalue weighted by Gasteiger charge is 2.30. The third kappa shape index (κ3) is 5.95. The minimum atomic E-state index is 0.00178. The molecular formula is C23H34ClN3O2. The van der Waals surface area contributed by atoms with Crippen molar-refractivity contribution in [2.45, 2.75) is 51.5 Å². The van der Waals surface area contributed by atoms with Crippen LogP contribution in [0.15, 0.2) is 24.3 Å². The average Bonchev–Trinajstić information content (AvgIpc) is 3.03. The monoisotopic (exact) mass is 419 g/mol. The molecule has 6 heteroatoms. The van der Waals surface area contributed by atoms with Gasteiger partial charge in [0, 0.05) is 31.1 Å². The van der Waals surface area contributed by atoms with E-state index >= 15 is 0 Å². The number of likely N-dealkylation sites (N-methyl/N-ethyl adjacent to an activating group) is 1. The molecule has 2 aliphatic rings. The van der Waals surface area contributed by atoms with Gasteiger partial charge in [0.05, 0.1) is 12.6 Å². The molecule has 1 aromatic rings. The van der Waals surface area contributed by atoms with E-state index in [0.29, 0.717) is 17.5 Å². The summed E-state index contributed by atoms with van der Waals surface area (Å²) < 4.78 is 0. The molecule has 0 aliphatic carbocycles. The number of piperidine rings is 1. The number of hydrogen-bond acceptors (Lipinski definition) is 3. The lowest BCUT2D eigenvalue weighted by molar-refractivity contribution is -0.137. The normalized spacial score (nSPS) is 20.2. The third-order valence-electron chi connectivity index (χ3n) is 6.54. The second-order valence-corrected chi connectivity index (χ2v) is 8.96. The molecule has 2 aliphatic heterocycles. The first kappa shape index (κ1) is 22.1. The van der Waals surface area contributed by atoms with Crippen LogP contribution in [0.5, 0.6) is 0 Å². The average molecular weight is 420 g/mol. The molecule has 0 spiro atoms. The Hall–Kier alpha value is -1.59. The van der Waals surface area contributed by atoms with Crippen LogP contribution >= 0.6 is 11.6 Å². The van der Waals surface area contributed by atoms with E-state index in [0.717, 1.165) is 57.4 Å². The van der Waals surface area contributed by atoms with E-state index in [1.165, 1.54) is 12.8 Å². The molecule has 0 aromatic heterocycles. The van der Waals surface area contributed by atoms with Gasteiger partial charge in [-0.1, -0.05) is 36.6 Å². The van der Waals surface area contributed by atoms with Gasteiger partial charge in [0.1, 0.15) is 0 Å². The summed E-state index contributed by atoms with van der Waals surface area (Å²) in [6, 6.07) is 7.66. The number of nitrogens with zero attached hydrogens (tertiary/aromatic N) is 3. The smallest absolute Gasteiger partial charge is 0.236 e. The van der Waals surface area contributed by atoms with Gasteiger partial charge in [-0.2, -0.15) is 0 Å². The number of benzene rings is 1. The molecule has 1 atom stereocenters. The fourth-order valence-corrected chi connectivity index (χ4v) is 4.50. The standard InChI is InChI=1S/C23H34ClN3O2/c1-18(19-7-9-21(24)10-8-19)25(2)22(28)17-26-15-11-20(12-16-26)23(29)27-13-5-3-4-6-14-27/h7-10,18,20H,3-6,11-17H2,1-2H3. The molecule has 2 saturated heterocycles. The van der Waals surface area contributed by atoms with E-state index in [4.69, 9.17) is 11.6 Å². The predicted molar refractivity (Wildman–Crippen MR) is 117 cm³/mol. The summed E-state index contributed by atoms with van der Waals surface area (Å²) in [5, 5.41) is 0.701. The molecule has 0 N–H and O–H groups in total. The van der Waals surface area contributed by atoms with Crippen LogP contribution in [0.1, 0.15) is 57.1 Å². The lowest BCUT2D eigenvalue weighted by Gasteiger charge is -2.35. The Morgan fingerprint density at radius 3 is 2.21 bits per heavy atom. The molecule has 1 unspecified atom stereocenters. The molecule has 0 saturated carbocycles. The highest BCUT2D eigenvalue weighted by atomic mass is 35.5. The van der Waals surface area contributed by atoms with E-state index in [1.807, 2.05) is 38.2 Å². The predicted octanol–water partition coefficient (Wildman–Crippen LogP) is 3.97. The minimum Gasteiger partial charge on any atom is -0.342 e. The van der Waals surface area contributed by atoms with Crippen LogP contribution in [0.2, 0.25) is 5.02 Å². The van der Waals surface area contributed by atoms with Gasteiger partial charge in [-0.25, -0.2) is 0 Å². The number of hydrogen-bond donors (Lipinski definition) is 0.